The molecule has 0 aliphatic heterocycles. The van der Waals surface area contributed by atoms with Crippen LogP contribution in [0.1, 0.15) is 46.0 Å². The summed E-state index contributed by atoms with van der Waals surface area (Å²) in [6, 6.07) is -0.776. The quantitative estimate of drug-likeness (QED) is 0.536. The molecule has 0 saturated heterocycles. The number of nitrogens with one attached hydrogen (secondary N) is 1. The van der Waals surface area contributed by atoms with E-state index < -0.39 is 57.7 Å². The molecule has 0 fully saturated rings. The molecule has 1 heterocycles. The minimum atomic E-state index is -5.44. The van der Waals surface area contributed by atoms with Gasteiger partial charge in [0.15, 0.2) is 5.69 Å². The second-order valence-electron chi connectivity index (χ2n) is 4.84. The summed E-state index contributed by atoms with van der Waals surface area (Å²) >= 11 is 4.67. The van der Waals surface area contributed by atoms with E-state index in [1.807, 2.05) is 0 Å². The van der Waals surface area contributed by atoms with E-state index >= 15 is 0 Å². The van der Waals surface area contributed by atoms with E-state index in [4.69, 9.17) is 10.2 Å². The zero-order valence-corrected chi connectivity index (χ0v) is 12.8. The Morgan fingerprint density at radius 3 is 1.75 bits per heavy atom. The van der Waals surface area contributed by atoms with Crippen molar-refractivity contribution in [1.82, 2.24) is 4.98 Å². The van der Waals surface area contributed by atoms with Crippen LogP contribution in [0.15, 0.2) is 0 Å². The van der Waals surface area contributed by atoms with Crippen molar-refractivity contribution in [2.75, 3.05) is 5.32 Å². The first-order valence-electron chi connectivity index (χ1n) is 6.13. The molecule has 0 saturated carbocycles. The largest absolute Gasteiger partial charge is 0.478 e. The molecule has 0 atom stereocenters. The van der Waals surface area contributed by atoms with Gasteiger partial charge in [-0.3, -0.25) is 0 Å². The molecule has 0 amide bonds. The monoisotopic (exact) mass is 376 g/mol. The van der Waals surface area contributed by atoms with Crippen molar-refractivity contribution < 1.29 is 41.8 Å². The maximum Gasteiger partial charge on any atom is 0.434 e. The molecule has 0 aliphatic rings. The molecule has 6 nitrogen and oxygen atoms in total. The van der Waals surface area contributed by atoms with Gasteiger partial charge >= 0.3 is 23.5 Å². The Balaban J connectivity index is 4.10. The normalized spacial score (nSPS) is 12.4. The minimum absolute atomic E-state index is 0.776. The Morgan fingerprint density at radius 1 is 1.04 bits per heavy atom. The summed E-state index contributed by atoms with van der Waals surface area (Å²) in [5.74, 6) is -4.30. The highest BCUT2D eigenvalue weighted by Gasteiger charge is 2.46. The van der Waals surface area contributed by atoms with E-state index in [-0.39, 0.29) is 0 Å². The maximum atomic E-state index is 13.4. The molecule has 1 aromatic heterocycles. The number of halogens is 6. The van der Waals surface area contributed by atoms with Crippen molar-refractivity contribution in [3.05, 3.63) is 22.5 Å². The number of carbonyl (C=O) groups is 2. The lowest BCUT2D eigenvalue weighted by Crippen LogP contribution is -2.27. The average molecular weight is 377 g/mol. The third-order valence-electron chi connectivity index (χ3n) is 2.59. The maximum absolute atomic E-state index is 13.4. The number of hydrogen-bond donors (Lipinski definition) is 3. The number of carboxylic acids is 2. The summed E-state index contributed by atoms with van der Waals surface area (Å²) in [5, 5.41) is 15.7. The fourth-order valence-electron chi connectivity index (χ4n) is 1.85. The number of rotatable bonds is 5. The number of nitrogens with zero attached hydrogens (tertiary/aromatic N) is 1. The molecule has 0 aliphatic carbocycles. The predicted octanol–water partition coefficient (Wildman–Crippen LogP) is 3.61. The highest BCUT2D eigenvalue weighted by molar-refractivity contribution is 6.22. The zero-order chi connectivity index (χ0) is 19.0. The molecule has 0 radical (unpaired) electrons. The van der Waals surface area contributed by atoms with Gasteiger partial charge < -0.3 is 15.5 Å². The Bertz CT molecular complexity index is 635. The van der Waals surface area contributed by atoms with Gasteiger partial charge in [-0.2, -0.15) is 22.0 Å². The van der Waals surface area contributed by atoms with Crippen LogP contribution in [0.2, 0.25) is 0 Å². The van der Waals surface area contributed by atoms with Gasteiger partial charge in [-0.25, -0.2) is 14.6 Å². The predicted molar refractivity (Wildman–Crippen MR) is 71.7 cm³/mol. The average Bonchev–Trinajstić information content (AvgIpc) is 2.33. The second-order valence-corrected chi connectivity index (χ2v) is 5.31. The first-order chi connectivity index (χ1) is 10.7. The third kappa shape index (κ3) is 4.02. The Hall–Kier alpha value is -2.17. The third-order valence-corrected chi connectivity index (χ3v) is 2.77. The van der Waals surface area contributed by atoms with E-state index in [1.165, 1.54) is 13.8 Å². The van der Waals surface area contributed by atoms with Crippen molar-refractivity contribution in [1.29, 1.82) is 0 Å². The van der Waals surface area contributed by atoms with Crippen LogP contribution >= 0.6 is 11.6 Å². The van der Waals surface area contributed by atoms with Crippen LogP contribution in [0.5, 0.6) is 0 Å². The summed E-state index contributed by atoms with van der Waals surface area (Å²) in [5.41, 5.74) is -8.27. The summed E-state index contributed by atoms with van der Waals surface area (Å²) in [7, 11) is 0. The number of hydrogen-bond acceptors (Lipinski definition) is 4. The van der Waals surface area contributed by atoms with Gasteiger partial charge in [-0.1, -0.05) is 0 Å². The number of alkyl halides is 6. The Labute approximate surface area is 136 Å². The van der Waals surface area contributed by atoms with Gasteiger partial charge in [0.25, 0.3) is 0 Å². The van der Waals surface area contributed by atoms with Crippen molar-refractivity contribution in [2.45, 2.75) is 31.4 Å². The van der Waals surface area contributed by atoms with Gasteiger partial charge in [-0.15, -0.1) is 0 Å². The van der Waals surface area contributed by atoms with Crippen molar-refractivity contribution in [3.8, 4) is 0 Å². The van der Waals surface area contributed by atoms with E-state index in [0.717, 1.165) is 0 Å². The van der Waals surface area contributed by atoms with Crippen LogP contribution in [0.3, 0.4) is 0 Å². The summed E-state index contributed by atoms with van der Waals surface area (Å²) < 4.78 is 65.9. The number of pyridine rings is 1. The van der Waals surface area contributed by atoms with Crippen LogP contribution in [0.25, 0.3) is 0 Å². The molecule has 1 aromatic rings. The Morgan fingerprint density at radius 2 is 1.46 bits per heavy atom. The topological polar surface area (TPSA) is 99.5 Å². The minimum Gasteiger partial charge on any atom is -0.478 e. The number of carboxylic acid groups (broad SMARTS) is 2. The van der Waals surface area contributed by atoms with Crippen LogP contribution in [0.4, 0.5) is 27.6 Å². The number of aromatic carboxylic acids is 2. The molecule has 134 valence electrons. The molecular weight excluding hydrogens is 367 g/mol. The van der Waals surface area contributed by atoms with Gasteiger partial charge in [0.2, 0.25) is 0 Å². The van der Waals surface area contributed by atoms with Gasteiger partial charge in [0.1, 0.15) is 16.8 Å². The Kier molecular flexibility index (Phi) is 5.28. The molecule has 0 aromatic carbocycles. The molecule has 0 spiro atoms. The fraction of sp³-hybridized carbons (Fsp3) is 0.417. The summed E-state index contributed by atoms with van der Waals surface area (Å²) in [4.78, 5) is 25.0. The molecule has 1 rings (SSSR count). The van der Waals surface area contributed by atoms with Gasteiger partial charge in [0.05, 0.1) is 5.69 Å². The lowest BCUT2D eigenvalue weighted by Gasteiger charge is -2.22. The summed E-state index contributed by atoms with van der Waals surface area (Å²) in [6.45, 7) is 2.67. The van der Waals surface area contributed by atoms with Crippen LogP contribution < -0.4 is 5.32 Å². The fourth-order valence-corrected chi connectivity index (χ4v) is 1.98. The van der Waals surface area contributed by atoms with E-state index in [1.54, 1.807) is 0 Å². The molecule has 0 bridgehead atoms. The van der Waals surface area contributed by atoms with Crippen molar-refractivity contribution in [3.63, 3.8) is 0 Å². The molecule has 3 N–H and O–H groups in total. The highest BCUT2D eigenvalue weighted by Crippen LogP contribution is 2.42. The zero-order valence-electron chi connectivity index (χ0n) is 12.0. The molecular formula is C12H10ClF5N2O4. The number of aromatic nitrogens is 1. The van der Waals surface area contributed by atoms with Gasteiger partial charge in [0, 0.05) is 6.04 Å². The molecule has 24 heavy (non-hydrogen) atoms. The van der Waals surface area contributed by atoms with Crippen LogP contribution in [0, 0.1) is 0 Å². The summed E-state index contributed by atoms with van der Waals surface area (Å²) in [6.07, 6.45) is -5.44. The van der Waals surface area contributed by atoms with Crippen molar-refractivity contribution >= 4 is 29.2 Å². The highest BCUT2D eigenvalue weighted by atomic mass is 35.5. The van der Waals surface area contributed by atoms with E-state index in [9.17, 15) is 31.5 Å². The standard InChI is InChI=1S/C12H10ClF5N2O4/c1-3(2)19-6-4(9(21)22)7(11(13,14)15)20-8(12(16,17)18)5(6)10(23)24/h3H,1-2H3,(H,19,20)(H,21,22)(H,23,24). The smallest absolute Gasteiger partial charge is 0.434 e. The molecule has 0 unspecified atom stereocenters. The second kappa shape index (κ2) is 6.38. The first-order valence-corrected chi connectivity index (χ1v) is 6.51. The first kappa shape index (κ1) is 19.9. The number of anilines is 1. The SMILES string of the molecule is CC(C)Nc1c(C(=O)O)c(C(F)(F)F)nc(C(F)(F)Cl)c1C(=O)O. The van der Waals surface area contributed by atoms with E-state index in [2.05, 4.69) is 21.9 Å². The lowest BCUT2D eigenvalue weighted by atomic mass is 10.0. The van der Waals surface area contributed by atoms with E-state index in [0.29, 0.717) is 0 Å². The van der Waals surface area contributed by atoms with Gasteiger partial charge in [-0.05, 0) is 25.4 Å². The van der Waals surface area contributed by atoms with Crippen LogP contribution in [-0.2, 0) is 11.6 Å². The van der Waals surface area contributed by atoms with Crippen LogP contribution in [-0.4, -0.2) is 33.2 Å². The molecule has 12 heteroatoms. The lowest BCUT2D eigenvalue weighted by molar-refractivity contribution is -0.142. The van der Waals surface area contributed by atoms with Crippen molar-refractivity contribution in [2.24, 2.45) is 0 Å².